The Hall–Kier alpha value is -3.72. The second-order valence-corrected chi connectivity index (χ2v) is 9.55. The minimum Gasteiger partial charge on any atom is -0.456 e. The minimum absolute atomic E-state index is 0.0291. The second kappa shape index (κ2) is 10.9. The molecule has 9 heteroatoms. The number of rotatable bonds is 7. The molecule has 0 radical (unpaired) electrons. The number of hydrogen-bond donors (Lipinski definition) is 2. The fraction of sp³-hybridized carbons (Fsp3) is 0.280. The molecular formula is C25H27N3O5S. The number of esters is 1. The lowest BCUT2D eigenvalue weighted by atomic mass is 10.2. The summed E-state index contributed by atoms with van der Waals surface area (Å²) < 4.78 is 10.6. The first kappa shape index (κ1) is 24.9. The van der Waals surface area contributed by atoms with Gasteiger partial charge >= 0.3 is 12.1 Å². The van der Waals surface area contributed by atoms with Gasteiger partial charge in [-0.1, -0.05) is 23.8 Å². The van der Waals surface area contributed by atoms with Gasteiger partial charge in [-0.2, -0.15) is 0 Å². The maximum atomic E-state index is 12.4. The third-order valence-corrected chi connectivity index (χ3v) is 5.24. The predicted octanol–water partition coefficient (Wildman–Crippen LogP) is 5.34. The van der Waals surface area contributed by atoms with Crippen LogP contribution in [0.15, 0.2) is 53.9 Å². The molecule has 2 N–H and O–H groups in total. The molecule has 0 saturated carbocycles. The molecule has 3 rings (SSSR count). The van der Waals surface area contributed by atoms with Gasteiger partial charge in [0.05, 0.1) is 17.7 Å². The summed E-state index contributed by atoms with van der Waals surface area (Å²) in [4.78, 5) is 41.0. The van der Waals surface area contributed by atoms with Crippen LogP contribution in [0.5, 0.6) is 0 Å². The Labute approximate surface area is 202 Å². The van der Waals surface area contributed by atoms with Gasteiger partial charge in [0.25, 0.3) is 0 Å². The maximum absolute atomic E-state index is 12.4. The van der Waals surface area contributed by atoms with E-state index in [9.17, 15) is 14.4 Å². The number of amides is 2. The summed E-state index contributed by atoms with van der Waals surface area (Å²) in [5.74, 6) is -0.726. The van der Waals surface area contributed by atoms with Gasteiger partial charge in [-0.15, -0.1) is 11.3 Å². The Morgan fingerprint density at radius 2 is 1.74 bits per heavy atom. The van der Waals surface area contributed by atoms with E-state index in [1.165, 1.54) is 17.4 Å². The number of ether oxygens (including phenoxy) is 2. The van der Waals surface area contributed by atoms with E-state index in [4.69, 9.17) is 9.47 Å². The van der Waals surface area contributed by atoms with Gasteiger partial charge in [-0.25, -0.2) is 14.6 Å². The van der Waals surface area contributed by atoms with Gasteiger partial charge in [0, 0.05) is 16.8 Å². The molecule has 0 saturated heterocycles. The lowest BCUT2D eigenvalue weighted by molar-refractivity contribution is -0.115. The molecule has 0 spiro atoms. The predicted molar refractivity (Wildman–Crippen MR) is 131 cm³/mol. The van der Waals surface area contributed by atoms with E-state index in [2.05, 4.69) is 15.6 Å². The molecule has 0 atom stereocenters. The van der Waals surface area contributed by atoms with Crippen LogP contribution in [0.25, 0.3) is 0 Å². The average molecular weight is 482 g/mol. The summed E-state index contributed by atoms with van der Waals surface area (Å²) in [7, 11) is 0. The Morgan fingerprint density at radius 3 is 2.44 bits per heavy atom. The van der Waals surface area contributed by atoms with Crippen molar-refractivity contribution in [1.82, 2.24) is 4.98 Å². The first-order valence-electron chi connectivity index (χ1n) is 10.6. The molecule has 178 valence electrons. The van der Waals surface area contributed by atoms with E-state index in [1.807, 2.05) is 31.2 Å². The molecule has 0 aliphatic rings. The molecule has 1 aromatic heterocycles. The largest absolute Gasteiger partial charge is 0.456 e. The number of hydrogen-bond acceptors (Lipinski definition) is 7. The summed E-state index contributed by atoms with van der Waals surface area (Å²) in [5.41, 5.74) is 2.46. The smallest absolute Gasteiger partial charge is 0.412 e. The summed E-state index contributed by atoms with van der Waals surface area (Å²) >= 11 is 1.33. The van der Waals surface area contributed by atoms with Gasteiger partial charge < -0.3 is 14.8 Å². The van der Waals surface area contributed by atoms with Crippen molar-refractivity contribution in [2.75, 3.05) is 10.6 Å². The molecule has 0 unspecified atom stereocenters. The molecule has 3 aromatic rings. The lowest BCUT2D eigenvalue weighted by Gasteiger charge is -2.19. The Bertz CT molecular complexity index is 1170. The van der Waals surface area contributed by atoms with Gasteiger partial charge in [-0.3, -0.25) is 10.1 Å². The first-order chi connectivity index (χ1) is 16.1. The number of anilines is 2. The zero-order valence-corrected chi connectivity index (χ0v) is 20.3. The molecule has 1 heterocycles. The summed E-state index contributed by atoms with van der Waals surface area (Å²) in [6, 6.07) is 13.9. The van der Waals surface area contributed by atoms with Crippen LogP contribution in [0, 0.1) is 6.92 Å². The summed E-state index contributed by atoms with van der Waals surface area (Å²) in [6.45, 7) is 7.24. The van der Waals surface area contributed by atoms with Crippen molar-refractivity contribution in [3.05, 3.63) is 75.7 Å². The molecule has 2 amide bonds. The number of carbonyl (C=O) groups excluding carboxylic acids is 3. The highest BCUT2D eigenvalue weighted by atomic mass is 32.1. The summed E-state index contributed by atoms with van der Waals surface area (Å²) in [5, 5.41) is 7.80. The number of aryl methyl sites for hydroxylation is 1. The topological polar surface area (TPSA) is 107 Å². The Morgan fingerprint density at radius 1 is 1.00 bits per heavy atom. The van der Waals surface area contributed by atoms with Crippen LogP contribution in [-0.4, -0.2) is 28.6 Å². The Balaban J connectivity index is 1.50. The van der Waals surface area contributed by atoms with Crippen LogP contribution in [0.3, 0.4) is 0 Å². The molecule has 0 bridgehead atoms. The van der Waals surface area contributed by atoms with Crippen molar-refractivity contribution in [1.29, 1.82) is 0 Å². The van der Waals surface area contributed by atoms with Crippen LogP contribution < -0.4 is 10.6 Å². The second-order valence-electron chi connectivity index (χ2n) is 8.61. The van der Waals surface area contributed by atoms with Crippen molar-refractivity contribution in [2.24, 2.45) is 0 Å². The van der Waals surface area contributed by atoms with Crippen molar-refractivity contribution in [3.63, 3.8) is 0 Å². The first-order valence-corrected chi connectivity index (χ1v) is 11.5. The van der Waals surface area contributed by atoms with E-state index < -0.39 is 17.7 Å². The van der Waals surface area contributed by atoms with Crippen molar-refractivity contribution in [3.8, 4) is 0 Å². The maximum Gasteiger partial charge on any atom is 0.412 e. The van der Waals surface area contributed by atoms with Gasteiger partial charge in [0.2, 0.25) is 5.91 Å². The monoisotopic (exact) mass is 481 g/mol. The average Bonchev–Trinajstić information content (AvgIpc) is 3.19. The molecule has 0 aliphatic heterocycles. The van der Waals surface area contributed by atoms with E-state index in [0.29, 0.717) is 16.4 Å². The highest BCUT2D eigenvalue weighted by Crippen LogP contribution is 2.17. The molecule has 0 fully saturated rings. The van der Waals surface area contributed by atoms with E-state index in [0.717, 1.165) is 11.3 Å². The van der Waals surface area contributed by atoms with Crippen LogP contribution in [-0.2, 0) is 27.3 Å². The number of nitrogens with zero attached hydrogens (tertiary/aromatic N) is 1. The highest BCUT2D eigenvalue weighted by Gasteiger charge is 2.17. The van der Waals surface area contributed by atoms with Gasteiger partial charge in [0.1, 0.15) is 17.2 Å². The molecule has 8 nitrogen and oxygen atoms in total. The van der Waals surface area contributed by atoms with Gasteiger partial charge in [0.15, 0.2) is 0 Å². The van der Waals surface area contributed by atoms with Crippen LogP contribution in [0.4, 0.5) is 16.2 Å². The Kier molecular flexibility index (Phi) is 8.01. The van der Waals surface area contributed by atoms with Crippen molar-refractivity contribution < 1.29 is 23.9 Å². The number of nitrogens with one attached hydrogen (secondary N) is 2. The van der Waals surface area contributed by atoms with Crippen LogP contribution >= 0.6 is 11.3 Å². The number of carbonyl (C=O) groups is 3. The van der Waals surface area contributed by atoms with E-state index in [-0.39, 0.29) is 24.5 Å². The normalized spacial score (nSPS) is 10.9. The molecule has 0 aliphatic carbocycles. The fourth-order valence-electron chi connectivity index (χ4n) is 2.84. The number of aromatic nitrogens is 1. The van der Waals surface area contributed by atoms with Crippen LogP contribution in [0.2, 0.25) is 0 Å². The zero-order chi connectivity index (χ0) is 24.7. The fourth-order valence-corrected chi connectivity index (χ4v) is 3.62. The lowest BCUT2D eigenvalue weighted by Crippen LogP contribution is -2.27. The SMILES string of the molecule is Cc1ccc(NC(=O)Cc2nc(COC(=O)c3cccc(NC(=O)OC(C)(C)C)c3)cs2)cc1. The molecule has 34 heavy (non-hydrogen) atoms. The minimum atomic E-state index is -0.631. The third-order valence-electron chi connectivity index (χ3n) is 4.34. The molecule has 2 aromatic carbocycles. The summed E-state index contributed by atoms with van der Waals surface area (Å²) in [6.07, 6.45) is -0.482. The van der Waals surface area contributed by atoms with Gasteiger partial charge in [-0.05, 0) is 58.0 Å². The number of benzene rings is 2. The zero-order valence-electron chi connectivity index (χ0n) is 19.5. The number of thiazole rings is 1. The van der Waals surface area contributed by atoms with Crippen molar-refractivity contribution >= 4 is 40.7 Å². The quantitative estimate of drug-likeness (QED) is 0.441. The standard InChI is InChI=1S/C25H27N3O5S/c1-16-8-10-18(11-9-16)26-21(29)13-22-27-20(15-34-22)14-32-23(30)17-6-5-7-19(12-17)28-24(31)33-25(2,3)4/h5-12,15H,13-14H2,1-4H3,(H,26,29)(H,28,31). The van der Waals surface area contributed by atoms with E-state index >= 15 is 0 Å². The third kappa shape index (κ3) is 8.00. The molecular weight excluding hydrogens is 454 g/mol. The highest BCUT2D eigenvalue weighted by molar-refractivity contribution is 7.09. The van der Waals surface area contributed by atoms with Crippen LogP contribution in [0.1, 0.15) is 47.4 Å². The van der Waals surface area contributed by atoms with E-state index in [1.54, 1.807) is 44.4 Å². The van der Waals surface area contributed by atoms with Crippen molar-refractivity contribution in [2.45, 2.75) is 46.3 Å².